The molecule has 1 amide bonds. The third kappa shape index (κ3) is 4.42. The lowest BCUT2D eigenvalue weighted by Crippen LogP contribution is -2.47. The van der Waals surface area contributed by atoms with Gasteiger partial charge in [-0.25, -0.2) is 17.6 Å². The van der Waals surface area contributed by atoms with E-state index < -0.39 is 84.6 Å². The van der Waals surface area contributed by atoms with Gasteiger partial charge >= 0.3 is 6.18 Å². The first-order chi connectivity index (χ1) is 15.6. The van der Waals surface area contributed by atoms with E-state index in [1.807, 2.05) is 0 Å². The normalized spacial score (nSPS) is 22.2. The van der Waals surface area contributed by atoms with Crippen LogP contribution in [0.15, 0.2) is 18.3 Å². The van der Waals surface area contributed by atoms with Gasteiger partial charge in [-0.05, 0) is 5.41 Å². The van der Waals surface area contributed by atoms with Gasteiger partial charge in [-0.2, -0.15) is 18.3 Å². The molecule has 0 aliphatic heterocycles. The number of nitrogens with zero attached hydrogens (tertiary/aromatic N) is 3. The van der Waals surface area contributed by atoms with Crippen molar-refractivity contribution in [2.24, 2.45) is 5.41 Å². The molecule has 2 fully saturated rings. The minimum atomic E-state index is -5.23. The van der Waals surface area contributed by atoms with Crippen molar-refractivity contribution in [2.75, 3.05) is 5.32 Å². The van der Waals surface area contributed by atoms with Crippen LogP contribution in [-0.4, -0.2) is 37.8 Å². The van der Waals surface area contributed by atoms with Gasteiger partial charge in [-0.3, -0.25) is 14.7 Å². The molecule has 2 aromatic heterocycles. The molecule has 0 spiro atoms. The molecule has 0 saturated heterocycles. The fourth-order valence-corrected chi connectivity index (χ4v) is 4.46. The summed E-state index contributed by atoms with van der Waals surface area (Å²) in [7, 11) is 0. The van der Waals surface area contributed by atoms with Crippen LogP contribution in [0.3, 0.4) is 0 Å². The number of carbonyl (C=O) groups is 1. The van der Waals surface area contributed by atoms with Crippen molar-refractivity contribution in [3.05, 3.63) is 41.0 Å². The van der Waals surface area contributed by atoms with Crippen molar-refractivity contribution in [1.29, 1.82) is 0 Å². The zero-order valence-corrected chi connectivity index (χ0v) is 17.6. The maximum Gasteiger partial charge on any atom is 0.420 e. The van der Waals surface area contributed by atoms with E-state index >= 15 is 0 Å². The highest BCUT2D eigenvalue weighted by Crippen LogP contribution is 2.58. The first-order valence-electron chi connectivity index (χ1n) is 10.1. The number of carbonyl (C=O) groups excluding carboxylic acids is 1. The molecule has 2 aromatic rings. The molecule has 0 radical (unpaired) electrons. The van der Waals surface area contributed by atoms with Crippen LogP contribution in [0.4, 0.5) is 36.4 Å². The molecular weight excluding hydrogens is 477 g/mol. The highest BCUT2D eigenvalue weighted by molar-refractivity contribution is 6.04. The van der Waals surface area contributed by atoms with Gasteiger partial charge in [0.05, 0.1) is 17.3 Å². The molecule has 34 heavy (non-hydrogen) atoms. The van der Waals surface area contributed by atoms with E-state index in [1.165, 1.54) is 6.92 Å². The van der Waals surface area contributed by atoms with Crippen LogP contribution in [0.2, 0.25) is 0 Å². The molecule has 2 aliphatic carbocycles. The Labute approximate surface area is 187 Å². The van der Waals surface area contributed by atoms with Gasteiger partial charge in [0.2, 0.25) is 12.1 Å². The van der Waals surface area contributed by atoms with Gasteiger partial charge in [-0.15, -0.1) is 0 Å². The van der Waals surface area contributed by atoms with Crippen LogP contribution in [0.5, 0.6) is 0 Å². The second-order valence-corrected chi connectivity index (χ2v) is 9.17. The summed E-state index contributed by atoms with van der Waals surface area (Å²) in [6.45, 7) is 0.205. The van der Waals surface area contributed by atoms with Crippen LogP contribution in [0.1, 0.15) is 59.5 Å². The first kappa shape index (κ1) is 24.2. The number of rotatable bonds is 6. The molecule has 2 saturated carbocycles. The van der Waals surface area contributed by atoms with Gasteiger partial charge in [0.1, 0.15) is 17.9 Å². The number of alkyl halides is 7. The van der Waals surface area contributed by atoms with Crippen molar-refractivity contribution in [1.82, 2.24) is 9.78 Å². The number of halogens is 7. The van der Waals surface area contributed by atoms with Crippen molar-refractivity contribution in [3.8, 4) is 0 Å². The number of pyridine rings is 1. The Kier molecular flexibility index (Phi) is 5.38. The molecule has 7 nitrogen and oxygen atoms in total. The second kappa shape index (κ2) is 7.55. The molecule has 2 heterocycles. The topological polar surface area (TPSA) is 91.3 Å². The molecule has 0 aromatic carbocycles. The Morgan fingerprint density at radius 1 is 1.29 bits per heavy atom. The number of aromatic nitrogens is 3. The minimum Gasteiger partial charge on any atom is -0.385 e. The summed E-state index contributed by atoms with van der Waals surface area (Å²) in [5.41, 5.74) is -5.14. The van der Waals surface area contributed by atoms with E-state index in [2.05, 4.69) is 10.4 Å². The number of nitrogens with one attached hydrogen (secondary N) is 1. The van der Waals surface area contributed by atoms with Crippen LogP contribution in [0.25, 0.3) is 0 Å². The summed E-state index contributed by atoms with van der Waals surface area (Å²) in [5.74, 6) is -9.65. The predicted molar refractivity (Wildman–Crippen MR) is 99.5 cm³/mol. The van der Waals surface area contributed by atoms with Gasteiger partial charge < -0.3 is 10.4 Å². The van der Waals surface area contributed by atoms with Crippen molar-refractivity contribution < 1.29 is 50.6 Å². The fourth-order valence-electron chi connectivity index (χ4n) is 4.46. The van der Waals surface area contributed by atoms with Crippen molar-refractivity contribution in [3.63, 3.8) is 0 Å². The zero-order valence-electron chi connectivity index (χ0n) is 17.6. The molecule has 0 bridgehead atoms. The number of hydrogen-bond acceptors (Lipinski definition) is 4. The number of aliphatic hydroxyl groups is 1. The van der Waals surface area contributed by atoms with Gasteiger partial charge in [0.15, 0.2) is 0 Å². The summed E-state index contributed by atoms with van der Waals surface area (Å²) >= 11 is 0. The van der Waals surface area contributed by atoms with E-state index in [0.717, 1.165) is 18.3 Å². The Morgan fingerprint density at radius 3 is 2.41 bits per heavy atom. The number of aliphatic hydroxyl groups excluding tert-OH is 1. The molecule has 4 rings (SSSR count). The largest absolute Gasteiger partial charge is 0.420 e. The molecule has 3 N–H and O–H groups in total. The van der Waals surface area contributed by atoms with E-state index in [1.54, 1.807) is 0 Å². The Bertz CT molecular complexity index is 1140. The van der Waals surface area contributed by atoms with E-state index in [4.69, 9.17) is 0 Å². The molecule has 186 valence electrons. The summed E-state index contributed by atoms with van der Waals surface area (Å²) in [5, 5.41) is 24.6. The average Bonchev–Trinajstić information content (AvgIpc) is 3.13. The van der Waals surface area contributed by atoms with Crippen molar-refractivity contribution in [2.45, 2.75) is 63.3 Å². The van der Waals surface area contributed by atoms with Crippen LogP contribution in [-0.2, 0) is 19.3 Å². The van der Waals surface area contributed by atoms with Crippen LogP contribution < -0.4 is 10.0 Å². The van der Waals surface area contributed by atoms with Gasteiger partial charge in [0, 0.05) is 42.7 Å². The lowest BCUT2D eigenvalue weighted by molar-refractivity contribution is -0.910. The fraction of sp³-hybridized carbons (Fsp3) is 0.550. The highest BCUT2D eigenvalue weighted by atomic mass is 19.4. The summed E-state index contributed by atoms with van der Waals surface area (Å²) in [4.78, 5) is 13.0. The predicted octanol–water partition coefficient (Wildman–Crippen LogP) is 3.73. The van der Waals surface area contributed by atoms with E-state index in [-0.39, 0.29) is 11.4 Å². The maximum atomic E-state index is 14.0. The third-order valence-electron chi connectivity index (χ3n) is 5.97. The van der Waals surface area contributed by atoms with Crippen molar-refractivity contribution >= 4 is 11.6 Å². The number of amides is 1. The third-order valence-corrected chi connectivity index (χ3v) is 5.97. The SMILES string of the molecule is CC1(Cn2nc(C3CC3(F)F)c(C(F)(F)F)c2C(=O)Nc2cc[n+](O)c(CO)c2)CC(F)(F)C1. The monoisotopic (exact) mass is 497 g/mol. The maximum absolute atomic E-state index is 14.0. The van der Waals surface area contributed by atoms with E-state index in [9.17, 15) is 45.8 Å². The van der Waals surface area contributed by atoms with Crippen LogP contribution in [0, 0.1) is 5.41 Å². The molecule has 2 aliphatic rings. The molecule has 1 atom stereocenters. The molecule has 14 heteroatoms. The first-order valence-corrected chi connectivity index (χ1v) is 10.1. The molecular formula is C20H20F7N4O3+. The minimum absolute atomic E-state index is 0.107. The number of hydrogen-bond donors (Lipinski definition) is 3. The van der Waals surface area contributed by atoms with E-state index in [0.29, 0.717) is 9.41 Å². The Morgan fingerprint density at radius 2 is 1.91 bits per heavy atom. The summed E-state index contributed by atoms with van der Waals surface area (Å²) in [6, 6.07) is 2.20. The number of anilines is 1. The lowest BCUT2D eigenvalue weighted by atomic mass is 9.67. The second-order valence-electron chi connectivity index (χ2n) is 9.17. The zero-order chi connectivity index (χ0) is 25.3. The Balaban J connectivity index is 1.77. The van der Waals surface area contributed by atoms with Crippen LogP contribution >= 0.6 is 0 Å². The summed E-state index contributed by atoms with van der Waals surface area (Å²) < 4.78 is 97.5. The standard InChI is InChI=1S/C20H19F7N4O3/c1-17(7-18(21,22)8-17)9-30-15(16(33)28-10-2-3-31(34)11(4-10)6-32)13(20(25,26)27)14(29-30)12-5-19(12,23)24/h2-4,12,32,34H,5-9H2,1H3/p+1. The smallest absolute Gasteiger partial charge is 0.385 e. The molecule has 1 unspecified atom stereocenters. The highest BCUT2D eigenvalue weighted by Gasteiger charge is 2.62. The van der Waals surface area contributed by atoms with Gasteiger partial charge in [0.25, 0.3) is 17.5 Å². The average molecular weight is 497 g/mol. The van der Waals surface area contributed by atoms with Gasteiger partial charge in [-0.1, -0.05) is 6.92 Å². The quantitative estimate of drug-likeness (QED) is 0.322. The lowest BCUT2D eigenvalue weighted by Gasteiger charge is -2.44. The Hall–Kier alpha value is -2.90. The summed E-state index contributed by atoms with van der Waals surface area (Å²) in [6.07, 6.45) is -6.42.